The minimum atomic E-state index is -2.83. The summed E-state index contributed by atoms with van der Waals surface area (Å²) < 4.78 is 24.2. The van der Waals surface area contributed by atoms with Gasteiger partial charge in [-0.05, 0) is 13.5 Å². The Morgan fingerprint density at radius 1 is 1.46 bits per heavy atom. The van der Waals surface area contributed by atoms with E-state index in [9.17, 15) is 13.9 Å². The van der Waals surface area contributed by atoms with Crippen LogP contribution in [0.15, 0.2) is 0 Å². The Hall–Kier alpha value is -0.260. The fourth-order valence-corrected chi connectivity index (χ4v) is 0.949. The van der Waals surface area contributed by atoms with Gasteiger partial charge in [0.25, 0.3) is 6.43 Å². The summed E-state index contributed by atoms with van der Waals surface area (Å²) in [6, 6.07) is 0. The van der Waals surface area contributed by atoms with Crippen LogP contribution in [0.1, 0.15) is 20.3 Å². The topological polar surface area (TPSA) is 52.5 Å². The molecule has 2 atom stereocenters. The highest BCUT2D eigenvalue weighted by atomic mass is 19.3. The lowest BCUT2D eigenvalue weighted by molar-refractivity contribution is -0.105. The van der Waals surface area contributed by atoms with Gasteiger partial charge in [0.1, 0.15) is 5.60 Å². The van der Waals surface area contributed by atoms with Crippen LogP contribution in [0.5, 0.6) is 0 Å². The molecular formula is C8H17F2NO2. The van der Waals surface area contributed by atoms with Crippen LogP contribution in [0, 0.1) is 0 Å². The molecule has 3 nitrogen and oxygen atoms in total. The molecule has 0 aliphatic carbocycles. The van der Waals surface area contributed by atoms with Gasteiger partial charge in [0.15, 0.2) is 0 Å². The molecule has 0 aromatic rings. The zero-order valence-corrected chi connectivity index (χ0v) is 7.93. The van der Waals surface area contributed by atoms with E-state index < -0.39 is 18.1 Å². The van der Waals surface area contributed by atoms with Gasteiger partial charge in [-0.15, -0.1) is 0 Å². The van der Waals surface area contributed by atoms with Crippen molar-refractivity contribution in [1.82, 2.24) is 5.32 Å². The normalized spacial score (nSPS) is 18.7. The molecule has 0 bridgehead atoms. The first-order valence-electron chi connectivity index (χ1n) is 4.29. The van der Waals surface area contributed by atoms with E-state index >= 15 is 0 Å². The van der Waals surface area contributed by atoms with Gasteiger partial charge in [0.2, 0.25) is 0 Å². The third-order valence-corrected chi connectivity index (χ3v) is 1.75. The molecule has 0 spiro atoms. The molecule has 80 valence electrons. The molecule has 5 heteroatoms. The first kappa shape index (κ1) is 12.7. The molecule has 0 aromatic carbocycles. The summed E-state index contributed by atoms with van der Waals surface area (Å²) in [6.07, 6.45) is -4.09. The van der Waals surface area contributed by atoms with Crippen LogP contribution in [0.2, 0.25) is 0 Å². The van der Waals surface area contributed by atoms with Crippen LogP contribution < -0.4 is 5.32 Å². The molecule has 0 aromatic heterocycles. The quantitative estimate of drug-likeness (QED) is 0.576. The SMILES string of the molecule is CCNC[C@H](O)C[C@](C)(O)C(F)F. The van der Waals surface area contributed by atoms with Gasteiger partial charge in [-0.1, -0.05) is 6.92 Å². The highest BCUT2D eigenvalue weighted by Crippen LogP contribution is 2.20. The van der Waals surface area contributed by atoms with Crippen LogP contribution in [0.4, 0.5) is 8.78 Å². The summed E-state index contributed by atoms with van der Waals surface area (Å²) in [6.45, 7) is 3.75. The van der Waals surface area contributed by atoms with E-state index in [-0.39, 0.29) is 13.0 Å². The van der Waals surface area contributed by atoms with Gasteiger partial charge in [-0.3, -0.25) is 0 Å². The van der Waals surface area contributed by atoms with Gasteiger partial charge in [-0.2, -0.15) is 0 Å². The molecule has 0 radical (unpaired) electrons. The molecule has 0 amide bonds. The number of nitrogens with one attached hydrogen (secondary N) is 1. The number of likely N-dealkylation sites (N-methyl/N-ethyl adjacent to an activating group) is 1. The summed E-state index contributed by atoms with van der Waals surface area (Å²) in [5.41, 5.74) is -2.10. The van der Waals surface area contributed by atoms with Crippen molar-refractivity contribution in [2.24, 2.45) is 0 Å². The number of hydrogen-bond acceptors (Lipinski definition) is 3. The van der Waals surface area contributed by atoms with E-state index in [1.54, 1.807) is 0 Å². The standard InChI is InChI=1S/C8H17F2NO2/c1-3-11-5-6(12)4-8(2,13)7(9)10/h6-7,11-13H,3-5H2,1-2H3/t6-,8+/m1/s1. The van der Waals surface area contributed by atoms with Crippen LogP contribution >= 0.6 is 0 Å². The monoisotopic (exact) mass is 197 g/mol. The van der Waals surface area contributed by atoms with Crippen LogP contribution in [0.25, 0.3) is 0 Å². The number of aliphatic hydroxyl groups excluding tert-OH is 1. The molecule has 0 fully saturated rings. The fraction of sp³-hybridized carbons (Fsp3) is 1.00. The second-order valence-electron chi connectivity index (χ2n) is 3.32. The predicted octanol–water partition coefficient (Wildman–Crippen LogP) is 0.363. The Balaban J connectivity index is 3.82. The summed E-state index contributed by atoms with van der Waals surface area (Å²) in [5, 5.41) is 21.1. The molecule has 0 rings (SSSR count). The van der Waals surface area contributed by atoms with E-state index in [0.29, 0.717) is 6.54 Å². The number of alkyl halides is 2. The Bertz CT molecular complexity index is 142. The maximum atomic E-state index is 12.1. The summed E-state index contributed by atoms with van der Waals surface area (Å²) >= 11 is 0. The lowest BCUT2D eigenvalue weighted by atomic mass is 9.99. The van der Waals surface area contributed by atoms with E-state index in [1.165, 1.54) is 0 Å². The molecule has 0 aliphatic heterocycles. The number of hydrogen-bond donors (Lipinski definition) is 3. The minimum absolute atomic E-state index is 0.222. The van der Waals surface area contributed by atoms with Crippen LogP contribution in [-0.4, -0.2) is 41.4 Å². The van der Waals surface area contributed by atoms with Crippen molar-refractivity contribution in [3.63, 3.8) is 0 Å². The second-order valence-corrected chi connectivity index (χ2v) is 3.32. The minimum Gasteiger partial charge on any atom is -0.392 e. The summed E-state index contributed by atoms with van der Waals surface area (Å²) in [7, 11) is 0. The lowest BCUT2D eigenvalue weighted by Crippen LogP contribution is -2.40. The maximum Gasteiger partial charge on any atom is 0.266 e. The molecule has 0 saturated carbocycles. The van der Waals surface area contributed by atoms with Gasteiger partial charge in [-0.25, -0.2) is 8.78 Å². The molecule has 0 saturated heterocycles. The van der Waals surface area contributed by atoms with Gasteiger partial charge >= 0.3 is 0 Å². The van der Waals surface area contributed by atoms with E-state index in [4.69, 9.17) is 5.11 Å². The van der Waals surface area contributed by atoms with Crippen LogP contribution in [0.3, 0.4) is 0 Å². The second kappa shape index (κ2) is 5.47. The van der Waals surface area contributed by atoms with Gasteiger partial charge in [0.05, 0.1) is 6.10 Å². The zero-order chi connectivity index (χ0) is 10.5. The Labute approximate surface area is 76.8 Å². The third-order valence-electron chi connectivity index (χ3n) is 1.75. The summed E-state index contributed by atoms with van der Waals surface area (Å²) in [5.74, 6) is 0. The average molecular weight is 197 g/mol. The van der Waals surface area contributed by atoms with Crippen molar-refractivity contribution in [2.45, 2.75) is 38.4 Å². The molecule has 0 aliphatic rings. The highest BCUT2D eigenvalue weighted by molar-refractivity contribution is 4.79. The number of rotatable bonds is 6. The van der Waals surface area contributed by atoms with Crippen molar-refractivity contribution >= 4 is 0 Å². The maximum absolute atomic E-state index is 12.1. The summed E-state index contributed by atoms with van der Waals surface area (Å²) in [4.78, 5) is 0. The smallest absolute Gasteiger partial charge is 0.266 e. The van der Waals surface area contributed by atoms with Gasteiger partial charge in [0, 0.05) is 13.0 Å². The van der Waals surface area contributed by atoms with Crippen molar-refractivity contribution < 1.29 is 19.0 Å². The third kappa shape index (κ3) is 5.13. The zero-order valence-electron chi connectivity index (χ0n) is 7.93. The van der Waals surface area contributed by atoms with Crippen molar-refractivity contribution in [3.05, 3.63) is 0 Å². The van der Waals surface area contributed by atoms with Crippen molar-refractivity contribution in [2.75, 3.05) is 13.1 Å². The van der Waals surface area contributed by atoms with Gasteiger partial charge < -0.3 is 15.5 Å². The van der Waals surface area contributed by atoms with E-state index in [0.717, 1.165) is 6.92 Å². The Morgan fingerprint density at radius 3 is 2.38 bits per heavy atom. The first-order valence-corrected chi connectivity index (χ1v) is 4.29. The lowest BCUT2D eigenvalue weighted by Gasteiger charge is -2.25. The molecular weight excluding hydrogens is 180 g/mol. The van der Waals surface area contributed by atoms with Crippen molar-refractivity contribution in [3.8, 4) is 0 Å². The van der Waals surface area contributed by atoms with E-state index in [2.05, 4.69) is 5.32 Å². The number of aliphatic hydroxyl groups is 2. The molecule has 0 heterocycles. The predicted molar refractivity (Wildman–Crippen MR) is 45.8 cm³/mol. The first-order chi connectivity index (χ1) is 5.90. The van der Waals surface area contributed by atoms with Crippen LogP contribution in [-0.2, 0) is 0 Å². The highest BCUT2D eigenvalue weighted by Gasteiger charge is 2.34. The van der Waals surface area contributed by atoms with Crippen molar-refractivity contribution in [1.29, 1.82) is 0 Å². The molecule has 13 heavy (non-hydrogen) atoms. The average Bonchev–Trinajstić information content (AvgIpc) is 1.99. The molecule has 3 N–H and O–H groups in total. The largest absolute Gasteiger partial charge is 0.392 e. The fourth-order valence-electron chi connectivity index (χ4n) is 0.949. The van der Waals surface area contributed by atoms with E-state index in [1.807, 2.05) is 6.92 Å². The Kier molecular flexibility index (Phi) is 5.36. The number of halogens is 2. The molecule has 0 unspecified atom stereocenters. The Morgan fingerprint density at radius 2 is 2.00 bits per heavy atom.